The highest BCUT2D eigenvalue weighted by atomic mass is 32.2. The highest BCUT2D eigenvalue weighted by Crippen LogP contribution is 2.44. The second kappa shape index (κ2) is 18.4. The maximum atomic E-state index is 14.2. The fourth-order valence-corrected chi connectivity index (χ4v) is 9.22. The van der Waals surface area contributed by atoms with E-state index in [9.17, 15) is 35.1 Å². The van der Waals surface area contributed by atoms with E-state index in [1.165, 1.54) is 18.3 Å². The van der Waals surface area contributed by atoms with Gasteiger partial charge in [-0.1, -0.05) is 127 Å². The number of hydrogen-bond donors (Lipinski definition) is 1. The van der Waals surface area contributed by atoms with E-state index in [2.05, 4.69) is 0 Å². The summed E-state index contributed by atoms with van der Waals surface area (Å²) in [6.07, 6.45) is -5.68. The molecule has 0 aliphatic carbocycles. The van der Waals surface area contributed by atoms with Gasteiger partial charge in [-0.2, -0.15) is 21.6 Å². The van der Waals surface area contributed by atoms with E-state index < -0.39 is 62.5 Å². The molecule has 6 aromatic rings. The molecule has 0 radical (unpaired) electrons. The van der Waals surface area contributed by atoms with Crippen molar-refractivity contribution >= 4 is 31.0 Å². The topological polar surface area (TPSA) is 140 Å². The van der Waals surface area contributed by atoms with Gasteiger partial charge in [0.05, 0.1) is 36.8 Å². The normalized spacial score (nSPS) is 21.3. The van der Waals surface area contributed by atoms with Crippen LogP contribution in [0.2, 0.25) is 0 Å². The Morgan fingerprint density at radius 2 is 1.20 bits per heavy atom. The summed E-state index contributed by atoms with van der Waals surface area (Å²) in [5, 5.41) is 11.2. The Morgan fingerprint density at radius 3 is 1.77 bits per heavy atom. The molecule has 11 nitrogen and oxygen atoms in total. The van der Waals surface area contributed by atoms with Gasteiger partial charge >= 0.3 is 15.6 Å². The second-order valence-corrected chi connectivity index (χ2v) is 17.6. The Kier molecular flexibility index (Phi) is 13.2. The van der Waals surface area contributed by atoms with Gasteiger partial charge in [0.15, 0.2) is 0 Å². The van der Waals surface area contributed by atoms with E-state index in [1.54, 1.807) is 127 Å². The van der Waals surface area contributed by atoms with Crippen LogP contribution in [-0.2, 0) is 69.5 Å². The number of rotatable bonds is 17. The number of para-hydroxylation sites is 1. The number of ether oxygens (including phenoxy) is 4. The first-order valence-corrected chi connectivity index (χ1v) is 21.8. The van der Waals surface area contributed by atoms with E-state index >= 15 is 0 Å². The standard InChI is InChI=1S/C44H42F3NO10S2/c45-44(46,47)60(52,53)58-42-43(56-31-34-19-9-3-10-20-34,26-25-35-27-48(38-24-14-13-23-37(35)38)59(50,51)36-21-11-4-12-22-36)41(55-30-33-17-7-2-8-18-33)40(39(28-49)57-42)54-29-32-15-5-1-6-16-32/h1-24,27,39-42,49H,25-26,28-31H2/t39-,40-,41+,42+,43-/m1/s1. The van der Waals surface area contributed by atoms with Gasteiger partial charge < -0.3 is 24.1 Å². The summed E-state index contributed by atoms with van der Waals surface area (Å²) in [5.41, 5.74) is -5.46. The Labute approximate surface area is 346 Å². The molecule has 0 saturated carbocycles. The van der Waals surface area contributed by atoms with E-state index in [4.69, 9.17) is 23.1 Å². The Morgan fingerprint density at radius 1 is 0.683 bits per heavy atom. The average molecular weight is 866 g/mol. The molecule has 1 N–H and O–H groups in total. The number of benzene rings is 5. The van der Waals surface area contributed by atoms with Crippen molar-refractivity contribution in [1.29, 1.82) is 0 Å². The molecule has 1 saturated heterocycles. The van der Waals surface area contributed by atoms with Crippen LogP contribution in [0.25, 0.3) is 10.9 Å². The van der Waals surface area contributed by atoms with Crippen LogP contribution in [0.4, 0.5) is 13.2 Å². The van der Waals surface area contributed by atoms with Crippen molar-refractivity contribution in [3.63, 3.8) is 0 Å². The summed E-state index contributed by atoms with van der Waals surface area (Å²) < 4.78 is 129. The van der Waals surface area contributed by atoms with Crippen molar-refractivity contribution in [2.45, 2.75) is 73.3 Å². The Balaban J connectivity index is 1.39. The van der Waals surface area contributed by atoms with Crippen molar-refractivity contribution < 1.29 is 58.2 Å². The summed E-state index contributed by atoms with van der Waals surface area (Å²) in [7, 11) is -10.5. The van der Waals surface area contributed by atoms with Crippen LogP contribution in [0.1, 0.15) is 28.7 Å². The highest BCUT2D eigenvalue weighted by Gasteiger charge is 2.62. The van der Waals surface area contributed by atoms with Crippen molar-refractivity contribution in [1.82, 2.24) is 3.97 Å². The molecule has 0 amide bonds. The molecule has 0 unspecified atom stereocenters. The molecule has 1 aromatic heterocycles. The zero-order chi connectivity index (χ0) is 42.4. The second-order valence-electron chi connectivity index (χ2n) is 14.2. The average Bonchev–Trinajstić information content (AvgIpc) is 3.64. The number of hydrogen-bond acceptors (Lipinski definition) is 10. The first-order valence-electron chi connectivity index (χ1n) is 19.0. The van der Waals surface area contributed by atoms with Crippen molar-refractivity contribution in [3.05, 3.63) is 174 Å². The van der Waals surface area contributed by atoms with Crippen molar-refractivity contribution in [2.24, 2.45) is 0 Å². The van der Waals surface area contributed by atoms with Crippen LogP contribution in [0.5, 0.6) is 0 Å². The minimum Gasteiger partial charge on any atom is -0.394 e. The van der Waals surface area contributed by atoms with Gasteiger partial charge in [0.2, 0.25) is 6.29 Å². The van der Waals surface area contributed by atoms with Gasteiger partial charge in [-0.15, -0.1) is 0 Å². The van der Waals surface area contributed by atoms with Crippen LogP contribution in [0.3, 0.4) is 0 Å². The number of aliphatic hydroxyl groups excluding tert-OH is 1. The molecule has 5 aromatic carbocycles. The predicted molar refractivity (Wildman–Crippen MR) is 215 cm³/mol. The number of aliphatic hydroxyl groups is 1. The fraction of sp³-hybridized carbons (Fsp3) is 0.273. The number of aromatic nitrogens is 1. The lowest BCUT2D eigenvalue weighted by molar-refractivity contribution is -0.352. The SMILES string of the molecule is O=S(=O)(c1ccccc1)n1cc(CC[C@]2(OCc3ccccc3)[C@H](OS(=O)(=O)C(F)(F)F)O[C@H](CO)[C@@H](OCc3ccccc3)[C@@H]2OCc2ccccc2)c2ccccc21. The molecule has 0 bridgehead atoms. The lowest BCUT2D eigenvalue weighted by atomic mass is 9.81. The molecular formula is C44H42F3NO10S2. The maximum Gasteiger partial charge on any atom is 0.523 e. The monoisotopic (exact) mass is 865 g/mol. The molecule has 316 valence electrons. The van der Waals surface area contributed by atoms with Gasteiger partial charge in [-0.3, -0.25) is 0 Å². The number of nitrogens with zero attached hydrogens (tertiary/aromatic N) is 1. The molecule has 60 heavy (non-hydrogen) atoms. The molecule has 2 heterocycles. The first-order chi connectivity index (χ1) is 28.8. The lowest BCUT2D eigenvalue weighted by Gasteiger charge is -2.52. The minimum atomic E-state index is -6.38. The van der Waals surface area contributed by atoms with Crippen molar-refractivity contribution in [2.75, 3.05) is 6.61 Å². The van der Waals surface area contributed by atoms with Gasteiger partial charge in [-0.05, 0) is 53.3 Å². The van der Waals surface area contributed by atoms with E-state index in [0.29, 0.717) is 33.2 Å². The maximum absolute atomic E-state index is 14.2. The van der Waals surface area contributed by atoms with E-state index in [0.717, 1.165) is 3.97 Å². The first kappa shape index (κ1) is 43.2. The third-order valence-corrected chi connectivity index (χ3v) is 13.0. The highest BCUT2D eigenvalue weighted by molar-refractivity contribution is 7.90. The predicted octanol–water partition coefficient (Wildman–Crippen LogP) is 7.52. The molecule has 16 heteroatoms. The number of halogens is 3. The molecule has 1 aliphatic heterocycles. The Hall–Kier alpha value is -4.91. The summed E-state index contributed by atoms with van der Waals surface area (Å²) >= 11 is 0. The van der Waals surface area contributed by atoms with Crippen LogP contribution >= 0.6 is 0 Å². The lowest BCUT2D eigenvalue weighted by Crippen LogP contribution is -2.70. The van der Waals surface area contributed by atoms with Crippen LogP contribution in [-0.4, -0.2) is 68.2 Å². The van der Waals surface area contributed by atoms with Crippen molar-refractivity contribution in [3.8, 4) is 0 Å². The van der Waals surface area contributed by atoms with Gasteiger partial charge in [-0.25, -0.2) is 16.6 Å². The number of fused-ring (bicyclic) bond motifs is 1. The van der Waals surface area contributed by atoms with E-state index in [-0.39, 0.29) is 37.6 Å². The Bertz CT molecular complexity index is 2550. The molecule has 1 fully saturated rings. The third kappa shape index (κ3) is 9.36. The molecular weight excluding hydrogens is 824 g/mol. The van der Waals surface area contributed by atoms with Gasteiger partial charge in [0.25, 0.3) is 10.0 Å². The molecule has 5 atom stereocenters. The van der Waals surface area contributed by atoms with Crippen LogP contribution in [0.15, 0.2) is 157 Å². The summed E-state index contributed by atoms with van der Waals surface area (Å²) in [5.74, 6) is 0. The van der Waals surface area contributed by atoms with Crippen LogP contribution < -0.4 is 0 Å². The summed E-state index contributed by atoms with van der Waals surface area (Å²) in [6, 6.07) is 40.9. The fourth-order valence-electron chi connectivity index (χ4n) is 7.26. The third-order valence-electron chi connectivity index (χ3n) is 10.3. The minimum absolute atomic E-state index is 0.0225. The van der Waals surface area contributed by atoms with E-state index in [1.807, 2.05) is 6.07 Å². The summed E-state index contributed by atoms with van der Waals surface area (Å²) in [4.78, 5) is 0.0225. The molecule has 0 spiro atoms. The van der Waals surface area contributed by atoms with Gasteiger partial charge in [0.1, 0.15) is 23.9 Å². The quantitative estimate of drug-likeness (QED) is 0.0724. The van der Waals surface area contributed by atoms with Crippen LogP contribution in [0, 0.1) is 0 Å². The number of alkyl halides is 3. The molecule has 7 rings (SSSR count). The zero-order valence-electron chi connectivity index (χ0n) is 32.0. The summed E-state index contributed by atoms with van der Waals surface area (Å²) in [6.45, 7) is -1.35. The number of aryl methyl sites for hydroxylation is 1. The zero-order valence-corrected chi connectivity index (χ0v) is 33.6. The largest absolute Gasteiger partial charge is 0.523 e. The van der Waals surface area contributed by atoms with Gasteiger partial charge in [0, 0.05) is 11.6 Å². The smallest absolute Gasteiger partial charge is 0.394 e. The molecule has 1 aliphatic rings.